The van der Waals surface area contributed by atoms with Crippen molar-refractivity contribution >= 4 is 5.96 Å². The van der Waals surface area contributed by atoms with Crippen LogP contribution in [0.1, 0.15) is 39.2 Å². The molecule has 2 N–H and O–H groups in total. The van der Waals surface area contributed by atoms with Gasteiger partial charge in [-0.05, 0) is 43.4 Å². The van der Waals surface area contributed by atoms with Crippen LogP contribution >= 0.6 is 0 Å². The molecule has 0 saturated heterocycles. The van der Waals surface area contributed by atoms with Crippen LogP contribution in [-0.4, -0.2) is 25.6 Å². The van der Waals surface area contributed by atoms with Gasteiger partial charge in [0.1, 0.15) is 5.82 Å². The van der Waals surface area contributed by atoms with E-state index in [1.165, 1.54) is 6.07 Å². The van der Waals surface area contributed by atoms with Gasteiger partial charge in [-0.1, -0.05) is 26.0 Å². The zero-order valence-electron chi connectivity index (χ0n) is 13.4. The molecule has 1 fully saturated rings. The first kappa shape index (κ1) is 15.8. The molecule has 0 bridgehead atoms. The molecule has 1 aliphatic rings. The van der Waals surface area contributed by atoms with E-state index in [4.69, 9.17) is 0 Å². The second kappa shape index (κ2) is 6.46. The first-order valence-electron chi connectivity index (χ1n) is 7.70. The Balaban J connectivity index is 1.95. The lowest BCUT2D eigenvalue weighted by atomic mass is 9.96. The van der Waals surface area contributed by atoms with Gasteiger partial charge in [-0.15, -0.1) is 0 Å². The lowest BCUT2D eigenvalue weighted by Crippen LogP contribution is -2.46. The number of halogens is 1. The van der Waals surface area contributed by atoms with Gasteiger partial charge in [-0.3, -0.25) is 4.99 Å². The van der Waals surface area contributed by atoms with Gasteiger partial charge in [0.15, 0.2) is 5.96 Å². The summed E-state index contributed by atoms with van der Waals surface area (Å²) in [5.41, 5.74) is 1.16. The maximum absolute atomic E-state index is 13.4. The lowest BCUT2D eigenvalue weighted by molar-refractivity contribution is 0.478. The van der Waals surface area contributed by atoms with E-state index in [0.29, 0.717) is 12.0 Å². The largest absolute Gasteiger partial charge is 0.356 e. The predicted molar refractivity (Wildman–Crippen MR) is 86.1 cm³/mol. The minimum absolute atomic E-state index is 0.0702. The average Bonchev–Trinajstić information content (AvgIpc) is 3.24. The third-order valence-corrected chi connectivity index (χ3v) is 4.47. The Kier molecular flexibility index (Phi) is 4.86. The Hall–Kier alpha value is -1.58. The number of nitrogens with zero attached hydrogens (tertiary/aromatic N) is 1. The highest BCUT2D eigenvalue weighted by atomic mass is 19.1. The molecule has 0 spiro atoms. The molecule has 2 rings (SSSR count). The van der Waals surface area contributed by atoms with Crippen LogP contribution < -0.4 is 10.6 Å². The summed E-state index contributed by atoms with van der Waals surface area (Å²) in [4.78, 5) is 4.27. The summed E-state index contributed by atoms with van der Waals surface area (Å²) in [6.45, 7) is 7.30. The van der Waals surface area contributed by atoms with Crippen molar-refractivity contribution < 1.29 is 4.39 Å². The van der Waals surface area contributed by atoms with E-state index in [2.05, 4.69) is 36.4 Å². The Morgan fingerprint density at radius 3 is 2.57 bits per heavy atom. The molecule has 1 saturated carbocycles. The highest BCUT2D eigenvalue weighted by Crippen LogP contribution is 2.47. The van der Waals surface area contributed by atoms with Gasteiger partial charge < -0.3 is 10.6 Å². The molecule has 1 atom stereocenters. The summed E-state index contributed by atoms with van der Waals surface area (Å²) in [5, 5.41) is 6.79. The first-order chi connectivity index (χ1) is 9.97. The molecule has 3 nitrogen and oxygen atoms in total. The standard InChI is InChI=1S/C17H26FN3/c1-12(2)13(3)21-16(19-4)20-11-17(8-9-17)14-6-5-7-15(18)10-14/h5-7,10,12-13H,8-9,11H2,1-4H3,(H2,19,20,21). The number of benzene rings is 1. The number of aliphatic imine (C=N–C) groups is 1. The van der Waals surface area contributed by atoms with Crippen LogP contribution in [0.15, 0.2) is 29.3 Å². The lowest BCUT2D eigenvalue weighted by Gasteiger charge is -2.23. The highest BCUT2D eigenvalue weighted by molar-refractivity contribution is 5.80. The van der Waals surface area contributed by atoms with Crippen molar-refractivity contribution in [1.29, 1.82) is 0 Å². The monoisotopic (exact) mass is 291 g/mol. The smallest absolute Gasteiger partial charge is 0.191 e. The number of guanidine groups is 1. The molecule has 0 aliphatic heterocycles. The van der Waals surface area contributed by atoms with Crippen molar-refractivity contribution in [2.24, 2.45) is 10.9 Å². The fourth-order valence-electron chi connectivity index (χ4n) is 2.37. The minimum Gasteiger partial charge on any atom is -0.356 e. The van der Waals surface area contributed by atoms with Crippen molar-refractivity contribution in [2.45, 2.75) is 45.1 Å². The van der Waals surface area contributed by atoms with E-state index in [-0.39, 0.29) is 11.2 Å². The number of nitrogens with one attached hydrogen (secondary N) is 2. The van der Waals surface area contributed by atoms with Gasteiger partial charge >= 0.3 is 0 Å². The molecular weight excluding hydrogens is 265 g/mol. The van der Waals surface area contributed by atoms with Crippen molar-refractivity contribution in [1.82, 2.24) is 10.6 Å². The fourth-order valence-corrected chi connectivity index (χ4v) is 2.37. The number of hydrogen-bond donors (Lipinski definition) is 2. The van der Waals surface area contributed by atoms with Crippen LogP contribution in [0.2, 0.25) is 0 Å². The van der Waals surface area contributed by atoms with Gasteiger partial charge in [0.25, 0.3) is 0 Å². The maximum Gasteiger partial charge on any atom is 0.191 e. The third-order valence-electron chi connectivity index (χ3n) is 4.47. The van der Waals surface area contributed by atoms with E-state index in [1.54, 1.807) is 19.2 Å². The van der Waals surface area contributed by atoms with Crippen molar-refractivity contribution in [3.63, 3.8) is 0 Å². The van der Waals surface area contributed by atoms with E-state index in [1.807, 2.05) is 6.07 Å². The van der Waals surface area contributed by atoms with Crippen LogP contribution in [0, 0.1) is 11.7 Å². The van der Waals surface area contributed by atoms with E-state index in [9.17, 15) is 4.39 Å². The van der Waals surface area contributed by atoms with Crippen LogP contribution in [0.4, 0.5) is 4.39 Å². The van der Waals surface area contributed by atoms with Gasteiger partial charge in [0.05, 0.1) is 0 Å². The molecule has 21 heavy (non-hydrogen) atoms. The Labute approximate surface area is 127 Å². The summed E-state index contributed by atoms with van der Waals surface area (Å²) >= 11 is 0. The molecule has 0 amide bonds. The minimum atomic E-state index is -0.158. The number of rotatable bonds is 5. The fraction of sp³-hybridized carbons (Fsp3) is 0.588. The second-order valence-corrected chi connectivity index (χ2v) is 6.39. The quantitative estimate of drug-likeness (QED) is 0.646. The molecule has 116 valence electrons. The van der Waals surface area contributed by atoms with Crippen molar-refractivity contribution in [2.75, 3.05) is 13.6 Å². The Morgan fingerprint density at radius 2 is 2.05 bits per heavy atom. The summed E-state index contributed by atoms with van der Waals surface area (Å²) in [7, 11) is 1.78. The Morgan fingerprint density at radius 1 is 1.33 bits per heavy atom. The molecule has 0 heterocycles. The molecule has 1 unspecified atom stereocenters. The van der Waals surface area contributed by atoms with Crippen molar-refractivity contribution in [3.8, 4) is 0 Å². The zero-order valence-corrected chi connectivity index (χ0v) is 13.4. The third kappa shape index (κ3) is 3.96. The van der Waals surface area contributed by atoms with E-state index < -0.39 is 0 Å². The Bertz CT molecular complexity index is 507. The van der Waals surface area contributed by atoms with Crippen LogP contribution in [0.5, 0.6) is 0 Å². The van der Waals surface area contributed by atoms with Crippen LogP contribution in [0.3, 0.4) is 0 Å². The topological polar surface area (TPSA) is 36.4 Å². The van der Waals surface area contributed by atoms with Crippen LogP contribution in [0.25, 0.3) is 0 Å². The van der Waals surface area contributed by atoms with E-state index in [0.717, 1.165) is 30.9 Å². The molecule has 1 aromatic rings. The van der Waals surface area contributed by atoms with Gasteiger partial charge in [-0.2, -0.15) is 0 Å². The zero-order chi connectivity index (χ0) is 15.5. The molecule has 1 aromatic carbocycles. The second-order valence-electron chi connectivity index (χ2n) is 6.39. The normalized spacial score (nSPS) is 18.5. The summed E-state index contributed by atoms with van der Waals surface area (Å²) < 4.78 is 13.4. The predicted octanol–water partition coefficient (Wildman–Crippen LogP) is 3.07. The van der Waals surface area contributed by atoms with Gasteiger partial charge in [-0.25, -0.2) is 4.39 Å². The van der Waals surface area contributed by atoms with Gasteiger partial charge in [0.2, 0.25) is 0 Å². The summed E-state index contributed by atoms with van der Waals surface area (Å²) in [6.07, 6.45) is 2.19. The number of hydrogen-bond acceptors (Lipinski definition) is 1. The SMILES string of the molecule is CN=C(NCC1(c2cccc(F)c2)CC1)NC(C)C(C)C. The van der Waals surface area contributed by atoms with Crippen LogP contribution in [-0.2, 0) is 5.41 Å². The summed E-state index contributed by atoms with van der Waals surface area (Å²) in [6, 6.07) is 7.32. The maximum atomic E-state index is 13.4. The molecule has 4 heteroatoms. The summed E-state index contributed by atoms with van der Waals surface area (Å²) in [5.74, 6) is 1.20. The first-order valence-corrected chi connectivity index (χ1v) is 7.70. The highest BCUT2D eigenvalue weighted by Gasteiger charge is 2.44. The van der Waals surface area contributed by atoms with Crippen molar-refractivity contribution in [3.05, 3.63) is 35.6 Å². The average molecular weight is 291 g/mol. The molecular formula is C17H26FN3. The molecule has 0 radical (unpaired) electrons. The molecule has 1 aliphatic carbocycles. The van der Waals surface area contributed by atoms with Gasteiger partial charge in [0, 0.05) is 25.0 Å². The molecule has 0 aromatic heterocycles. The van der Waals surface area contributed by atoms with E-state index >= 15 is 0 Å².